The van der Waals surface area contributed by atoms with E-state index in [2.05, 4.69) is 10.6 Å². The molecule has 8 heteroatoms. The second kappa shape index (κ2) is 9.60. The summed E-state index contributed by atoms with van der Waals surface area (Å²) in [7, 11) is 0. The highest BCUT2D eigenvalue weighted by molar-refractivity contribution is 5.89. The standard InChI is InChI=1S/C17H31N3O5/c1-6-12(2)14(19-16(23)25-17(3,4)5)15(22)18-11-13(21)20-7-9-24-10-8-20/h12,14H,6-11H2,1-5H3,(H,18,22)(H,19,23)/t12-,14-/m0/s1. The van der Waals surface area contributed by atoms with E-state index in [9.17, 15) is 14.4 Å². The topological polar surface area (TPSA) is 97.0 Å². The summed E-state index contributed by atoms with van der Waals surface area (Å²) in [6.45, 7) is 11.0. The van der Waals surface area contributed by atoms with Gasteiger partial charge >= 0.3 is 6.09 Å². The van der Waals surface area contributed by atoms with E-state index in [1.807, 2.05) is 13.8 Å². The molecule has 0 spiro atoms. The van der Waals surface area contributed by atoms with Crippen LogP contribution in [0.5, 0.6) is 0 Å². The fourth-order valence-corrected chi connectivity index (χ4v) is 2.33. The van der Waals surface area contributed by atoms with Crippen LogP contribution in [0.4, 0.5) is 4.79 Å². The summed E-state index contributed by atoms with van der Waals surface area (Å²) in [4.78, 5) is 38.2. The molecule has 25 heavy (non-hydrogen) atoms. The maximum absolute atomic E-state index is 12.5. The van der Waals surface area contributed by atoms with Crippen LogP contribution in [-0.2, 0) is 19.1 Å². The Morgan fingerprint density at radius 1 is 1.20 bits per heavy atom. The third-order valence-electron chi connectivity index (χ3n) is 3.95. The van der Waals surface area contributed by atoms with Crippen molar-refractivity contribution in [3.8, 4) is 0 Å². The molecular formula is C17H31N3O5. The molecule has 144 valence electrons. The van der Waals surface area contributed by atoms with Crippen molar-refractivity contribution in [3.05, 3.63) is 0 Å². The van der Waals surface area contributed by atoms with Gasteiger partial charge in [-0.15, -0.1) is 0 Å². The largest absolute Gasteiger partial charge is 0.444 e. The third-order valence-corrected chi connectivity index (χ3v) is 3.95. The monoisotopic (exact) mass is 357 g/mol. The van der Waals surface area contributed by atoms with Gasteiger partial charge in [-0.1, -0.05) is 20.3 Å². The van der Waals surface area contributed by atoms with Gasteiger partial charge in [0.15, 0.2) is 0 Å². The van der Waals surface area contributed by atoms with Crippen molar-refractivity contribution in [1.29, 1.82) is 0 Å². The van der Waals surface area contributed by atoms with Gasteiger partial charge in [-0.3, -0.25) is 9.59 Å². The van der Waals surface area contributed by atoms with Gasteiger partial charge in [-0.25, -0.2) is 4.79 Å². The zero-order valence-electron chi connectivity index (χ0n) is 15.9. The lowest BCUT2D eigenvalue weighted by Crippen LogP contribution is -2.53. The van der Waals surface area contributed by atoms with E-state index >= 15 is 0 Å². The second-order valence-corrected chi connectivity index (χ2v) is 7.22. The maximum Gasteiger partial charge on any atom is 0.408 e. The molecule has 0 unspecified atom stereocenters. The van der Waals surface area contributed by atoms with E-state index in [0.29, 0.717) is 32.7 Å². The van der Waals surface area contributed by atoms with E-state index in [1.54, 1.807) is 25.7 Å². The number of hydrogen-bond donors (Lipinski definition) is 2. The molecule has 2 N–H and O–H groups in total. The first-order valence-corrected chi connectivity index (χ1v) is 8.76. The number of ether oxygens (including phenoxy) is 2. The van der Waals surface area contributed by atoms with Crippen molar-refractivity contribution in [3.63, 3.8) is 0 Å². The molecular weight excluding hydrogens is 326 g/mol. The number of rotatable bonds is 6. The van der Waals surface area contributed by atoms with Crippen molar-refractivity contribution in [1.82, 2.24) is 15.5 Å². The smallest absolute Gasteiger partial charge is 0.408 e. The van der Waals surface area contributed by atoms with Crippen molar-refractivity contribution in [2.45, 2.75) is 52.7 Å². The molecule has 1 aliphatic rings. The molecule has 0 aliphatic carbocycles. The number of alkyl carbamates (subject to hydrolysis) is 1. The molecule has 8 nitrogen and oxygen atoms in total. The van der Waals surface area contributed by atoms with E-state index in [4.69, 9.17) is 9.47 Å². The van der Waals surface area contributed by atoms with Crippen LogP contribution in [0.1, 0.15) is 41.0 Å². The summed E-state index contributed by atoms with van der Waals surface area (Å²) in [5.41, 5.74) is -0.646. The highest BCUT2D eigenvalue weighted by Crippen LogP contribution is 2.11. The minimum Gasteiger partial charge on any atom is -0.444 e. The summed E-state index contributed by atoms with van der Waals surface area (Å²) in [5, 5.41) is 5.23. The number of hydrogen-bond acceptors (Lipinski definition) is 5. The fourth-order valence-electron chi connectivity index (χ4n) is 2.33. The average Bonchev–Trinajstić information content (AvgIpc) is 2.55. The second-order valence-electron chi connectivity index (χ2n) is 7.22. The Hall–Kier alpha value is -1.83. The minimum atomic E-state index is -0.752. The van der Waals surface area contributed by atoms with Crippen molar-refractivity contribution in [2.75, 3.05) is 32.8 Å². The highest BCUT2D eigenvalue weighted by Gasteiger charge is 2.29. The molecule has 2 atom stereocenters. The zero-order chi connectivity index (χ0) is 19.0. The molecule has 0 bridgehead atoms. The van der Waals surface area contributed by atoms with Gasteiger partial charge in [0.25, 0.3) is 0 Å². The van der Waals surface area contributed by atoms with Crippen LogP contribution < -0.4 is 10.6 Å². The van der Waals surface area contributed by atoms with Crippen LogP contribution in [-0.4, -0.2) is 67.3 Å². The molecule has 1 fully saturated rings. The summed E-state index contributed by atoms with van der Waals surface area (Å²) in [6, 6.07) is -0.752. The average molecular weight is 357 g/mol. The number of morpholine rings is 1. The van der Waals surface area contributed by atoms with Crippen LogP contribution in [0.3, 0.4) is 0 Å². The minimum absolute atomic E-state index is 0.0917. The van der Waals surface area contributed by atoms with Crippen LogP contribution in [0, 0.1) is 5.92 Å². The van der Waals surface area contributed by atoms with Crippen LogP contribution >= 0.6 is 0 Å². The molecule has 1 saturated heterocycles. The van der Waals surface area contributed by atoms with Crippen LogP contribution in [0.25, 0.3) is 0 Å². The Bertz CT molecular complexity index is 469. The van der Waals surface area contributed by atoms with E-state index < -0.39 is 17.7 Å². The molecule has 1 rings (SSSR count). The Balaban J connectivity index is 2.57. The number of carbonyl (C=O) groups is 3. The molecule has 0 aromatic carbocycles. The van der Waals surface area contributed by atoms with Gasteiger partial charge in [0.05, 0.1) is 19.8 Å². The predicted molar refractivity (Wildman–Crippen MR) is 93.0 cm³/mol. The summed E-state index contributed by atoms with van der Waals surface area (Å²) in [5.74, 6) is -0.635. The normalized spacial score (nSPS) is 17.4. The Labute approximate surface area is 149 Å². The van der Waals surface area contributed by atoms with Gasteiger partial charge in [-0.2, -0.15) is 0 Å². The lowest BCUT2D eigenvalue weighted by Gasteiger charge is -2.28. The van der Waals surface area contributed by atoms with E-state index in [0.717, 1.165) is 0 Å². The Kier molecular flexibility index (Phi) is 8.15. The zero-order valence-corrected chi connectivity index (χ0v) is 15.9. The molecule has 3 amide bonds. The van der Waals surface area contributed by atoms with Crippen molar-refractivity contribution in [2.24, 2.45) is 5.92 Å². The van der Waals surface area contributed by atoms with Crippen molar-refractivity contribution >= 4 is 17.9 Å². The molecule has 0 radical (unpaired) electrons. The SMILES string of the molecule is CC[C@H](C)[C@H](NC(=O)OC(C)(C)C)C(=O)NCC(=O)N1CCOCC1. The van der Waals surface area contributed by atoms with Gasteiger partial charge in [0.1, 0.15) is 11.6 Å². The molecule has 0 aromatic heterocycles. The number of nitrogens with zero attached hydrogens (tertiary/aromatic N) is 1. The Morgan fingerprint density at radius 2 is 1.80 bits per heavy atom. The number of nitrogens with one attached hydrogen (secondary N) is 2. The predicted octanol–water partition coefficient (Wildman–Crippen LogP) is 0.901. The number of carbonyl (C=O) groups excluding carboxylic acids is 3. The fraction of sp³-hybridized carbons (Fsp3) is 0.824. The molecule has 0 saturated carbocycles. The van der Waals surface area contributed by atoms with E-state index in [-0.39, 0.29) is 24.3 Å². The van der Waals surface area contributed by atoms with Crippen LogP contribution in [0.2, 0.25) is 0 Å². The maximum atomic E-state index is 12.5. The molecule has 1 aliphatic heterocycles. The highest BCUT2D eigenvalue weighted by atomic mass is 16.6. The van der Waals surface area contributed by atoms with E-state index in [1.165, 1.54) is 0 Å². The lowest BCUT2D eigenvalue weighted by atomic mass is 9.98. The van der Waals surface area contributed by atoms with Crippen molar-refractivity contribution < 1.29 is 23.9 Å². The first kappa shape index (κ1) is 21.2. The van der Waals surface area contributed by atoms with Gasteiger partial charge in [0, 0.05) is 13.1 Å². The van der Waals surface area contributed by atoms with Gasteiger partial charge < -0.3 is 25.0 Å². The third kappa shape index (κ3) is 7.72. The quantitative estimate of drug-likeness (QED) is 0.736. The first-order chi connectivity index (χ1) is 11.6. The van der Waals surface area contributed by atoms with Gasteiger partial charge in [0.2, 0.25) is 11.8 Å². The lowest BCUT2D eigenvalue weighted by molar-refractivity contribution is -0.136. The summed E-state index contributed by atoms with van der Waals surface area (Å²) in [6.07, 6.45) is 0.0538. The number of amides is 3. The summed E-state index contributed by atoms with van der Waals surface area (Å²) < 4.78 is 10.4. The molecule has 1 heterocycles. The first-order valence-electron chi connectivity index (χ1n) is 8.76. The summed E-state index contributed by atoms with van der Waals surface area (Å²) >= 11 is 0. The molecule has 0 aromatic rings. The van der Waals surface area contributed by atoms with Crippen LogP contribution in [0.15, 0.2) is 0 Å². The van der Waals surface area contributed by atoms with Gasteiger partial charge in [-0.05, 0) is 26.7 Å². The Morgan fingerprint density at radius 3 is 2.32 bits per heavy atom.